The molecule has 60 valence electrons. The molecule has 0 aliphatic heterocycles. The maximum Gasteiger partial charge on any atom is 0.207 e. The average Bonchev–Trinajstić information content (AvgIpc) is 1.92. The van der Waals surface area contributed by atoms with Crippen LogP contribution in [-0.4, -0.2) is 13.0 Å². The van der Waals surface area contributed by atoms with E-state index in [-0.39, 0.29) is 0 Å². The Morgan fingerprint density at radius 3 is 2.30 bits per heavy atom. The number of carbonyl (C=O) groups excluding carboxylic acids is 1. The molecule has 1 amide bonds. The van der Waals surface area contributed by atoms with E-state index in [2.05, 4.69) is 32.3 Å². The second-order valence-electron chi connectivity index (χ2n) is 2.25. The number of amides is 1. The molecule has 10 heavy (non-hydrogen) atoms. The number of hydrogen-bond donors (Lipinski definition) is 1. The smallest absolute Gasteiger partial charge is 0.207 e. The van der Waals surface area contributed by atoms with E-state index < -0.39 is 0 Å². The van der Waals surface area contributed by atoms with Crippen LogP contribution in [0.1, 0.15) is 20.3 Å². The topological polar surface area (TPSA) is 29.1 Å². The summed E-state index contributed by atoms with van der Waals surface area (Å²) in [5.41, 5.74) is 0. The Morgan fingerprint density at radius 1 is 1.50 bits per heavy atom. The van der Waals surface area contributed by atoms with Crippen LogP contribution < -0.4 is 5.32 Å². The second-order valence-corrected chi connectivity index (χ2v) is 2.25. The molecule has 0 bridgehead atoms. The molecule has 0 fully saturated rings. The van der Waals surface area contributed by atoms with Crippen molar-refractivity contribution in [1.82, 2.24) is 5.32 Å². The third kappa shape index (κ3) is 15.7. The Morgan fingerprint density at radius 2 is 2.00 bits per heavy atom. The van der Waals surface area contributed by atoms with Gasteiger partial charge in [0.15, 0.2) is 0 Å². The lowest BCUT2D eigenvalue weighted by atomic mass is 10.1. The van der Waals surface area contributed by atoms with Crippen LogP contribution in [0.15, 0.2) is 13.2 Å². The van der Waals surface area contributed by atoms with Crippen LogP contribution in [0.5, 0.6) is 0 Å². The fourth-order valence-corrected chi connectivity index (χ4v) is 0.431. The van der Waals surface area contributed by atoms with Crippen LogP contribution in [0.4, 0.5) is 0 Å². The van der Waals surface area contributed by atoms with Crippen molar-refractivity contribution in [1.29, 1.82) is 0 Å². The third-order valence-electron chi connectivity index (χ3n) is 0.949. The van der Waals surface area contributed by atoms with Crippen molar-refractivity contribution in [2.24, 2.45) is 5.92 Å². The van der Waals surface area contributed by atoms with Gasteiger partial charge in [-0.1, -0.05) is 13.8 Å². The molecule has 0 saturated carbocycles. The normalized spacial score (nSPS) is 7.90. The summed E-state index contributed by atoms with van der Waals surface area (Å²) in [4.78, 5) is 9.68. The Hall–Kier alpha value is -0.790. The molecule has 0 unspecified atom stereocenters. The summed E-state index contributed by atoms with van der Waals surface area (Å²) in [6.07, 6.45) is 1.81. The molecule has 1 N–H and O–H groups in total. The average molecular weight is 143 g/mol. The second kappa shape index (κ2) is 11.1. The molecule has 2 nitrogen and oxygen atoms in total. The zero-order chi connectivity index (χ0) is 8.41. The molecule has 0 aliphatic carbocycles. The SMILES string of the molecule is C=C.CC(C)CCNC=O. The standard InChI is InChI=1S/C6H13NO.C2H4/c1-6(2)3-4-7-5-8;1-2/h5-6H,3-4H2,1-2H3,(H,7,8);1-2H2. The van der Waals surface area contributed by atoms with Crippen molar-refractivity contribution in [3.63, 3.8) is 0 Å². The van der Waals surface area contributed by atoms with Gasteiger partial charge in [0.1, 0.15) is 0 Å². The van der Waals surface area contributed by atoms with Gasteiger partial charge in [-0.3, -0.25) is 4.79 Å². The Bertz CT molecular complexity index is 71.7. The summed E-state index contributed by atoms with van der Waals surface area (Å²) in [5.74, 6) is 0.683. The Labute approximate surface area is 63.3 Å². The predicted octanol–water partition coefficient (Wildman–Crippen LogP) is 1.58. The van der Waals surface area contributed by atoms with Crippen molar-refractivity contribution in [3.05, 3.63) is 13.2 Å². The zero-order valence-corrected chi connectivity index (χ0v) is 6.89. The van der Waals surface area contributed by atoms with E-state index >= 15 is 0 Å². The molecule has 0 atom stereocenters. The minimum absolute atomic E-state index is 0.683. The molecular formula is C8H17NO. The van der Waals surface area contributed by atoms with Crippen LogP contribution in [0.25, 0.3) is 0 Å². The van der Waals surface area contributed by atoms with Gasteiger partial charge in [-0.15, -0.1) is 13.2 Å². The monoisotopic (exact) mass is 143 g/mol. The molecule has 2 heteroatoms. The fraction of sp³-hybridized carbons (Fsp3) is 0.625. The minimum Gasteiger partial charge on any atom is -0.359 e. The van der Waals surface area contributed by atoms with Crippen LogP contribution in [0.2, 0.25) is 0 Å². The number of nitrogens with one attached hydrogen (secondary N) is 1. The molecule has 0 aromatic carbocycles. The van der Waals surface area contributed by atoms with Gasteiger partial charge in [0.05, 0.1) is 0 Å². The van der Waals surface area contributed by atoms with Gasteiger partial charge in [0, 0.05) is 6.54 Å². The number of carbonyl (C=O) groups is 1. The van der Waals surface area contributed by atoms with Gasteiger partial charge in [-0.05, 0) is 12.3 Å². The highest BCUT2D eigenvalue weighted by atomic mass is 16.1. The van der Waals surface area contributed by atoms with Crippen LogP contribution in [0, 0.1) is 5.92 Å². The van der Waals surface area contributed by atoms with E-state index in [0.29, 0.717) is 5.92 Å². The van der Waals surface area contributed by atoms with Gasteiger partial charge in [-0.2, -0.15) is 0 Å². The summed E-state index contributed by atoms with van der Waals surface area (Å²) in [6.45, 7) is 11.1. The molecule has 0 rings (SSSR count). The first-order valence-electron chi connectivity index (χ1n) is 3.44. The molecule has 0 heterocycles. The predicted molar refractivity (Wildman–Crippen MR) is 44.8 cm³/mol. The fourth-order valence-electron chi connectivity index (χ4n) is 0.431. The summed E-state index contributed by atoms with van der Waals surface area (Å²) < 4.78 is 0. The highest BCUT2D eigenvalue weighted by molar-refractivity contribution is 5.45. The van der Waals surface area contributed by atoms with Crippen molar-refractivity contribution in [2.75, 3.05) is 6.54 Å². The zero-order valence-electron chi connectivity index (χ0n) is 6.89. The lowest BCUT2D eigenvalue weighted by Crippen LogP contribution is -2.13. The van der Waals surface area contributed by atoms with E-state index in [1.54, 1.807) is 0 Å². The van der Waals surface area contributed by atoms with Gasteiger partial charge >= 0.3 is 0 Å². The first-order valence-corrected chi connectivity index (χ1v) is 3.44. The Kier molecular flexibility index (Phi) is 13.2. The molecule has 0 spiro atoms. The largest absolute Gasteiger partial charge is 0.359 e. The quantitative estimate of drug-likeness (QED) is 0.361. The lowest BCUT2D eigenvalue weighted by molar-refractivity contribution is -0.109. The molecule has 0 aliphatic rings. The molecule has 0 saturated heterocycles. The summed E-state index contributed by atoms with van der Waals surface area (Å²) >= 11 is 0. The van der Waals surface area contributed by atoms with Crippen molar-refractivity contribution >= 4 is 6.41 Å². The molecular weight excluding hydrogens is 126 g/mol. The van der Waals surface area contributed by atoms with Gasteiger partial charge < -0.3 is 5.32 Å². The van der Waals surface area contributed by atoms with E-state index in [0.717, 1.165) is 19.4 Å². The Balaban J connectivity index is 0. The molecule has 0 radical (unpaired) electrons. The van der Waals surface area contributed by atoms with Crippen LogP contribution >= 0.6 is 0 Å². The summed E-state index contributed by atoms with van der Waals surface area (Å²) in [6, 6.07) is 0. The summed E-state index contributed by atoms with van der Waals surface area (Å²) in [5, 5.41) is 2.60. The molecule has 0 aromatic heterocycles. The first-order chi connectivity index (χ1) is 4.77. The van der Waals surface area contributed by atoms with Crippen molar-refractivity contribution < 1.29 is 4.79 Å². The van der Waals surface area contributed by atoms with Gasteiger partial charge in [-0.25, -0.2) is 0 Å². The van der Waals surface area contributed by atoms with E-state index in [1.807, 2.05) is 0 Å². The minimum atomic E-state index is 0.683. The maximum absolute atomic E-state index is 9.68. The number of hydrogen-bond acceptors (Lipinski definition) is 1. The van der Waals surface area contributed by atoms with E-state index in [1.165, 1.54) is 0 Å². The highest BCUT2D eigenvalue weighted by Gasteiger charge is 1.89. The lowest BCUT2D eigenvalue weighted by Gasteiger charge is -2.00. The third-order valence-corrected chi connectivity index (χ3v) is 0.949. The van der Waals surface area contributed by atoms with Gasteiger partial charge in [0.25, 0.3) is 0 Å². The van der Waals surface area contributed by atoms with Crippen LogP contribution in [0.3, 0.4) is 0 Å². The number of rotatable bonds is 4. The molecule has 0 aromatic rings. The first kappa shape index (κ1) is 11.9. The van der Waals surface area contributed by atoms with Crippen molar-refractivity contribution in [2.45, 2.75) is 20.3 Å². The summed E-state index contributed by atoms with van der Waals surface area (Å²) in [7, 11) is 0. The highest BCUT2D eigenvalue weighted by Crippen LogP contribution is 1.95. The van der Waals surface area contributed by atoms with Crippen LogP contribution in [-0.2, 0) is 4.79 Å². The van der Waals surface area contributed by atoms with Crippen molar-refractivity contribution in [3.8, 4) is 0 Å². The maximum atomic E-state index is 9.68. The van der Waals surface area contributed by atoms with E-state index in [9.17, 15) is 4.79 Å². The van der Waals surface area contributed by atoms with Gasteiger partial charge in [0.2, 0.25) is 6.41 Å². The van der Waals surface area contributed by atoms with E-state index in [4.69, 9.17) is 0 Å².